The van der Waals surface area contributed by atoms with E-state index >= 15 is 0 Å². The lowest BCUT2D eigenvalue weighted by atomic mass is 10.0. The van der Waals surface area contributed by atoms with Crippen molar-refractivity contribution in [2.75, 3.05) is 12.4 Å². The first-order valence-corrected chi connectivity index (χ1v) is 8.03. The largest absolute Gasteiger partial charge is 0.496 e. The van der Waals surface area contributed by atoms with Crippen molar-refractivity contribution in [3.05, 3.63) is 56.0 Å². The molecule has 1 atom stereocenters. The van der Waals surface area contributed by atoms with Crippen LogP contribution in [0, 0.1) is 6.92 Å². The van der Waals surface area contributed by atoms with Crippen molar-refractivity contribution in [3.8, 4) is 5.75 Å². The Balaban J connectivity index is 2.32. The molecule has 0 aromatic heterocycles. The smallest absolute Gasteiger partial charge is 0.124 e. The number of nitrogens with one attached hydrogen (secondary N) is 1. The number of rotatable bonds is 4. The second-order valence-corrected chi connectivity index (χ2v) is 6.44. The first-order valence-electron chi connectivity index (χ1n) is 6.48. The van der Waals surface area contributed by atoms with Gasteiger partial charge in [-0.2, -0.15) is 0 Å². The minimum Gasteiger partial charge on any atom is -0.496 e. The Bertz CT molecular complexity index is 661. The number of methoxy groups -OCH3 is 1. The average Bonchev–Trinajstić information content (AvgIpc) is 2.47. The lowest BCUT2D eigenvalue weighted by Crippen LogP contribution is -2.09. The molecule has 1 unspecified atom stereocenters. The Morgan fingerprint density at radius 1 is 1.14 bits per heavy atom. The summed E-state index contributed by atoms with van der Waals surface area (Å²) in [5.41, 5.74) is 3.05. The van der Waals surface area contributed by atoms with Crippen LogP contribution in [0.2, 0.25) is 10.0 Å². The Morgan fingerprint density at radius 3 is 2.52 bits per heavy atom. The van der Waals surface area contributed by atoms with Crippen molar-refractivity contribution in [3.63, 3.8) is 0 Å². The summed E-state index contributed by atoms with van der Waals surface area (Å²) in [6.45, 7) is 4.11. The maximum Gasteiger partial charge on any atom is 0.124 e. The predicted octanol–water partition coefficient (Wildman–Crippen LogP) is 6.25. The van der Waals surface area contributed by atoms with Crippen molar-refractivity contribution in [2.45, 2.75) is 19.9 Å². The number of benzene rings is 2. The zero-order valence-electron chi connectivity index (χ0n) is 12.0. The molecule has 0 saturated heterocycles. The fourth-order valence-electron chi connectivity index (χ4n) is 2.14. The van der Waals surface area contributed by atoms with Gasteiger partial charge in [0.1, 0.15) is 5.75 Å². The highest BCUT2D eigenvalue weighted by molar-refractivity contribution is 9.10. The van der Waals surface area contributed by atoms with E-state index in [1.807, 2.05) is 24.3 Å². The maximum atomic E-state index is 6.28. The zero-order valence-corrected chi connectivity index (χ0v) is 15.1. The molecule has 2 aromatic carbocycles. The Morgan fingerprint density at radius 2 is 1.86 bits per heavy atom. The zero-order chi connectivity index (χ0) is 15.6. The van der Waals surface area contributed by atoms with E-state index in [2.05, 4.69) is 41.2 Å². The number of ether oxygens (including phenoxy) is 1. The van der Waals surface area contributed by atoms with Gasteiger partial charge in [-0.05, 0) is 48.0 Å². The van der Waals surface area contributed by atoms with Crippen LogP contribution in [0.25, 0.3) is 0 Å². The topological polar surface area (TPSA) is 21.3 Å². The number of hydrogen-bond donors (Lipinski definition) is 1. The van der Waals surface area contributed by atoms with Crippen LogP contribution in [0.3, 0.4) is 0 Å². The van der Waals surface area contributed by atoms with E-state index in [1.165, 1.54) is 5.56 Å². The monoisotopic (exact) mass is 387 g/mol. The lowest BCUT2D eigenvalue weighted by molar-refractivity contribution is 0.408. The van der Waals surface area contributed by atoms with Gasteiger partial charge in [-0.1, -0.05) is 40.9 Å². The standard InChI is InChI=1S/C16H16BrCl2NO/c1-9-4-7-14(21-3)11(8-9)10(2)20-13-6-5-12(17)15(18)16(13)19/h4-8,10,20H,1-3H3. The minimum absolute atomic E-state index is 0.0367. The average molecular weight is 389 g/mol. The molecule has 2 aromatic rings. The maximum absolute atomic E-state index is 6.28. The summed E-state index contributed by atoms with van der Waals surface area (Å²) >= 11 is 15.8. The first kappa shape index (κ1) is 16.5. The Labute approximate surface area is 143 Å². The molecular formula is C16H16BrCl2NO. The molecule has 0 amide bonds. The summed E-state index contributed by atoms with van der Waals surface area (Å²) in [6, 6.07) is 9.91. The highest BCUT2D eigenvalue weighted by Crippen LogP contribution is 2.38. The molecule has 0 aliphatic rings. The fourth-order valence-corrected chi connectivity index (χ4v) is 2.97. The molecule has 5 heteroatoms. The summed E-state index contributed by atoms with van der Waals surface area (Å²) < 4.78 is 6.20. The van der Waals surface area contributed by atoms with Crippen molar-refractivity contribution >= 4 is 44.8 Å². The van der Waals surface area contributed by atoms with Crippen LogP contribution >= 0.6 is 39.1 Å². The fraction of sp³-hybridized carbons (Fsp3) is 0.250. The van der Waals surface area contributed by atoms with Gasteiger partial charge in [0, 0.05) is 10.0 Å². The molecule has 0 aliphatic carbocycles. The Kier molecular flexibility index (Phi) is 5.42. The van der Waals surface area contributed by atoms with Crippen LogP contribution in [0.4, 0.5) is 5.69 Å². The highest BCUT2D eigenvalue weighted by Gasteiger charge is 2.15. The van der Waals surface area contributed by atoms with E-state index in [0.29, 0.717) is 10.0 Å². The molecule has 0 radical (unpaired) electrons. The number of hydrogen-bond acceptors (Lipinski definition) is 2. The quantitative estimate of drug-likeness (QED) is 0.625. The second-order valence-electron chi connectivity index (χ2n) is 4.83. The SMILES string of the molecule is COc1ccc(C)cc1C(C)Nc1ccc(Br)c(Cl)c1Cl. The minimum atomic E-state index is 0.0367. The van der Waals surface area contributed by atoms with E-state index in [4.69, 9.17) is 27.9 Å². The molecule has 0 saturated carbocycles. The van der Waals surface area contributed by atoms with Crippen molar-refractivity contribution in [2.24, 2.45) is 0 Å². The van der Waals surface area contributed by atoms with Crippen molar-refractivity contribution in [1.29, 1.82) is 0 Å². The number of halogens is 3. The van der Waals surface area contributed by atoms with Gasteiger partial charge >= 0.3 is 0 Å². The van der Waals surface area contributed by atoms with Crippen LogP contribution in [0.1, 0.15) is 24.1 Å². The van der Waals surface area contributed by atoms with E-state index in [0.717, 1.165) is 21.5 Å². The van der Waals surface area contributed by atoms with Gasteiger partial charge in [-0.3, -0.25) is 0 Å². The van der Waals surface area contributed by atoms with E-state index in [1.54, 1.807) is 7.11 Å². The van der Waals surface area contributed by atoms with Gasteiger partial charge in [0.2, 0.25) is 0 Å². The summed E-state index contributed by atoms with van der Waals surface area (Å²) in [5.74, 6) is 0.847. The third kappa shape index (κ3) is 3.65. The van der Waals surface area contributed by atoms with Gasteiger partial charge in [-0.15, -0.1) is 0 Å². The number of aryl methyl sites for hydroxylation is 1. The lowest BCUT2D eigenvalue weighted by Gasteiger charge is -2.20. The van der Waals surface area contributed by atoms with Gasteiger partial charge in [-0.25, -0.2) is 0 Å². The molecule has 0 heterocycles. The summed E-state index contributed by atoms with van der Waals surface area (Å²) in [6.07, 6.45) is 0. The van der Waals surface area contributed by atoms with Crippen LogP contribution in [-0.2, 0) is 0 Å². The Hall–Kier alpha value is -0.900. The van der Waals surface area contributed by atoms with Crippen molar-refractivity contribution < 1.29 is 4.74 Å². The molecule has 0 bridgehead atoms. The van der Waals surface area contributed by atoms with Crippen LogP contribution in [0.5, 0.6) is 5.75 Å². The molecule has 21 heavy (non-hydrogen) atoms. The number of anilines is 1. The van der Waals surface area contributed by atoms with Gasteiger partial charge in [0.15, 0.2) is 0 Å². The summed E-state index contributed by atoms with van der Waals surface area (Å²) in [7, 11) is 1.67. The van der Waals surface area contributed by atoms with Crippen LogP contribution in [-0.4, -0.2) is 7.11 Å². The van der Waals surface area contributed by atoms with E-state index < -0.39 is 0 Å². The highest BCUT2D eigenvalue weighted by atomic mass is 79.9. The van der Waals surface area contributed by atoms with Gasteiger partial charge in [0.05, 0.1) is 28.9 Å². The molecular weight excluding hydrogens is 373 g/mol. The molecule has 0 aliphatic heterocycles. The third-order valence-corrected chi connectivity index (χ3v) is 5.03. The van der Waals surface area contributed by atoms with Crippen molar-refractivity contribution in [1.82, 2.24) is 0 Å². The molecule has 0 spiro atoms. The molecule has 0 fully saturated rings. The molecule has 2 nitrogen and oxygen atoms in total. The van der Waals surface area contributed by atoms with E-state index in [-0.39, 0.29) is 6.04 Å². The molecule has 1 N–H and O–H groups in total. The molecule has 2 rings (SSSR count). The summed E-state index contributed by atoms with van der Waals surface area (Å²) in [4.78, 5) is 0. The van der Waals surface area contributed by atoms with Gasteiger partial charge < -0.3 is 10.1 Å². The van der Waals surface area contributed by atoms with E-state index in [9.17, 15) is 0 Å². The first-order chi connectivity index (χ1) is 9.93. The predicted molar refractivity (Wildman–Crippen MR) is 93.9 cm³/mol. The normalized spacial score (nSPS) is 12.1. The second kappa shape index (κ2) is 6.91. The van der Waals surface area contributed by atoms with Crippen LogP contribution < -0.4 is 10.1 Å². The van der Waals surface area contributed by atoms with Gasteiger partial charge in [0.25, 0.3) is 0 Å². The van der Waals surface area contributed by atoms with Crippen LogP contribution in [0.15, 0.2) is 34.8 Å². The third-order valence-electron chi connectivity index (χ3n) is 3.26. The molecule has 112 valence electrons. The summed E-state index contributed by atoms with van der Waals surface area (Å²) in [5, 5.41) is 4.39.